The molecule has 0 aromatic heterocycles. The zero-order valence-electron chi connectivity index (χ0n) is 12.2. The molecule has 0 unspecified atom stereocenters. The van der Waals surface area contributed by atoms with Gasteiger partial charge in [-0.2, -0.15) is 0 Å². The molecule has 100 valence electrons. The SMILES string of the molecule is COc1cccc(-c2cccc(CC(C)(C)C)c2)c1. The van der Waals surface area contributed by atoms with Crippen molar-refractivity contribution < 1.29 is 4.74 Å². The first kappa shape index (κ1) is 13.7. The van der Waals surface area contributed by atoms with Crippen molar-refractivity contribution in [3.63, 3.8) is 0 Å². The van der Waals surface area contributed by atoms with Crippen molar-refractivity contribution in [3.05, 3.63) is 54.1 Å². The first-order valence-electron chi connectivity index (χ1n) is 6.71. The van der Waals surface area contributed by atoms with Gasteiger partial charge in [0.15, 0.2) is 0 Å². The minimum absolute atomic E-state index is 0.313. The van der Waals surface area contributed by atoms with Crippen LogP contribution in [-0.2, 0) is 6.42 Å². The van der Waals surface area contributed by atoms with E-state index in [0.29, 0.717) is 5.41 Å². The number of rotatable bonds is 3. The Balaban J connectivity index is 2.32. The lowest BCUT2D eigenvalue weighted by molar-refractivity contribution is 0.411. The summed E-state index contributed by atoms with van der Waals surface area (Å²) in [5.41, 5.74) is 4.15. The smallest absolute Gasteiger partial charge is 0.119 e. The monoisotopic (exact) mass is 254 g/mol. The number of benzene rings is 2. The second-order valence-corrected chi connectivity index (χ2v) is 6.17. The van der Waals surface area contributed by atoms with Gasteiger partial charge in [-0.3, -0.25) is 0 Å². The van der Waals surface area contributed by atoms with Crippen LogP contribution in [0.25, 0.3) is 11.1 Å². The van der Waals surface area contributed by atoms with E-state index in [4.69, 9.17) is 4.74 Å². The van der Waals surface area contributed by atoms with Crippen molar-refractivity contribution in [1.82, 2.24) is 0 Å². The molecule has 2 rings (SSSR count). The van der Waals surface area contributed by atoms with Crippen molar-refractivity contribution in [2.24, 2.45) is 5.41 Å². The van der Waals surface area contributed by atoms with E-state index in [1.807, 2.05) is 12.1 Å². The molecule has 0 fully saturated rings. The number of ether oxygens (including phenoxy) is 1. The highest BCUT2D eigenvalue weighted by atomic mass is 16.5. The first-order valence-corrected chi connectivity index (χ1v) is 6.71. The molecule has 1 nitrogen and oxygen atoms in total. The van der Waals surface area contributed by atoms with E-state index in [1.54, 1.807) is 7.11 Å². The van der Waals surface area contributed by atoms with Crippen LogP contribution >= 0.6 is 0 Å². The van der Waals surface area contributed by atoms with E-state index in [0.717, 1.165) is 12.2 Å². The Labute approximate surface area is 116 Å². The third-order valence-corrected chi connectivity index (χ3v) is 3.06. The molecule has 0 aliphatic rings. The van der Waals surface area contributed by atoms with E-state index in [1.165, 1.54) is 16.7 Å². The van der Waals surface area contributed by atoms with Gasteiger partial charge in [-0.05, 0) is 40.7 Å². The molecule has 0 aliphatic heterocycles. The standard InChI is InChI=1S/C18H22O/c1-18(2,3)13-14-7-5-8-15(11-14)16-9-6-10-17(12-16)19-4/h5-12H,13H2,1-4H3. The molecule has 2 aromatic rings. The van der Waals surface area contributed by atoms with Crippen LogP contribution in [0.4, 0.5) is 0 Å². The maximum atomic E-state index is 5.29. The number of hydrogen-bond donors (Lipinski definition) is 0. The van der Waals surface area contributed by atoms with Gasteiger partial charge in [-0.25, -0.2) is 0 Å². The predicted molar refractivity (Wildman–Crippen MR) is 81.6 cm³/mol. The van der Waals surface area contributed by atoms with Gasteiger partial charge < -0.3 is 4.74 Å². The van der Waals surface area contributed by atoms with Crippen molar-refractivity contribution in [3.8, 4) is 16.9 Å². The van der Waals surface area contributed by atoms with Crippen LogP contribution in [0.1, 0.15) is 26.3 Å². The van der Waals surface area contributed by atoms with Crippen molar-refractivity contribution >= 4 is 0 Å². The summed E-state index contributed by atoms with van der Waals surface area (Å²) in [6.07, 6.45) is 1.09. The van der Waals surface area contributed by atoms with Crippen LogP contribution < -0.4 is 4.74 Å². The van der Waals surface area contributed by atoms with Crippen LogP contribution in [0.3, 0.4) is 0 Å². The predicted octanol–water partition coefficient (Wildman–Crippen LogP) is 4.95. The minimum Gasteiger partial charge on any atom is -0.497 e. The second kappa shape index (κ2) is 5.48. The highest BCUT2D eigenvalue weighted by Gasteiger charge is 2.11. The summed E-state index contributed by atoms with van der Waals surface area (Å²) < 4.78 is 5.29. The molecule has 0 radical (unpaired) electrons. The fourth-order valence-electron chi connectivity index (χ4n) is 2.28. The summed E-state index contributed by atoms with van der Waals surface area (Å²) in [6.45, 7) is 6.81. The summed E-state index contributed by atoms with van der Waals surface area (Å²) in [5.74, 6) is 0.902. The highest BCUT2D eigenvalue weighted by Crippen LogP contribution is 2.27. The lowest BCUT2D eigenvalue weighted by Gasteiger charge is -2.18. The molecule has 0 heterocycles. The quantitative estimate of drug-likeness (QED) is 0.753. The van der Waals surface area contributed by atoms with E-state index < -0.39 is 0 Å². The molecule has 2 aromatic carbocycles. The van der Waals surface area contributed by atoms with Gasteiger partial charge in [-0.15, -0.1) is 0 Å². The summed E-state index contributed by atoms with van der Waals surface area (Å²) in [4.78, 5) is 0. The Morgan fingerprint density at radius 1 is 0.895 bits per heavy atom. The summed E-state index contributed by atoms with van der Waals surface area (Å²) in [6, 6.07) is 17.0. The van der Waals surface area contributed by atoms with Gasteiger partial charge >= 0.3 is 0 Å². The molecule has 0 saturated carbocycles. The largest absolute Gasteiger partial charge is 0.497 e. The molecule has 0 amide bonds. The molecule has 19 heavy (non-hydrogen) atoms. The maximum absolute atomic E-state index is 5.29. The molecular weight excluding hydrogens is 232 g/mol. The van der Waals surface area contributed by atoms with E-state index in [9.17, 15) is 0 Å². The van der Waals surface area contributed by atoms with Gasteiger partial charge in [0.2, 0.25) is 0 Å². The Morgan fingerprint density at radius 3 is 2.16 bits per heavy atom. The van der Waals surface area contributed by atoms with Crippen LogP contribution in [0.15, 0.2) is 48.5 Å². The summed E-state index contributed by atoms with van der Waals surface area (Å²) in [7, 11) is 1.70. The van der Waals surface area contributed by atoms with Crippen LogP contribution in [0.5, 0.6) is 5.75 Å². The van der Waals surface area contributed by atoms with Crippen LogP contribution in [0, 0.1) is 5.41 Å². The first-order chi connectivity index (χ1) is 8.98. The number of hydrogen-bond acceptors (Lipinski definition) is 1. The molecule has 0 N–H and O–H groups in total. The van der Waals surface area contributed by atoms with Gasteiger partial charge in [0, 0.05) is 0 Å². The van der Waals surface area contributed by atoms with Crippen LogP contribution in [-0.4, -0.2) is 7.11 Å². The van der Waals surface area contributed by atoms with Gasteiger partial charge in [0.1, 0.15) is 5.75 Å². The fourth-order valence-corrected chi connectivity index (χ4v) is 2.28. The Morgan fingerprint density at radius 2 is 1.53 bits per heavy atom. The van der Waals surface area contributed by atoms with Gasteiger partial charge in [0.25, 0.3) is 0 Å². The fraction of sp³-hybridized carbons (Fsp3) is 0.333. The number of methoxy groups -OCH3 is 1. The van der Waals surface area contributed by atoms with Crippen LogP contribution in [0.2, 0.25) is 0 Å². The van der Waals surface area contributed by atoms with E-state index >= 15 is 0 Å². The Kier molecular flexibility index (Phi) is 3.94. The van der Waals surface area contributed by atoms with Crippen molar-refractivity contribution in [2.75, 3.05) is 7.11 Å². The lowest BCUT2D eigenvalue weighted by atomic mass is 9.87. The Bertz CT molecular complexity index is 550. The topological polar surface area (TPSA) is 9.23 Å². The van der Waals surface area contributed by atoms with Gasteiger partial charge in [-0.1, -0.05) is 57.2 Å². The zero-order chi connectivity index (χ0) is 13.9. The average molecular weight is 254 g/mol. The third kappa shape index (κ3) is 3.85. The molecule has 1 heteroatoms. The lowest BCUT2D eigenvalue weighted by Crippen LogP contribution is -2.08. The summed E-state index contributed by atoms with van der Waals surface area (Å²) >= 11 is 0. The summed E-state index contributed by atoms with van der Waals surface area (Å²) in [5, 5.41) is 0. The minimum atomic E-state index is 0.313. The average Bonchev–Trinajstić information content (AvgIpc) is 2.37. The molecule has 0 saturated heterocycles. The van der Waals surface area contributed by atoms with Crippen molar-refractivity contribution in [2.45, 2.75) is 27.2 Å². The van der Waals surface area contributed by atoms with E-state index in [-0.39, 0.29) is 0 Å². The molecule has 0 spiro atoms. The van der Waals surface area contributed by atoms with Gasteiger partial charge in [0.05, 0.1) is 7.11 Å². The highest BCUT2D eigenvalue weighted by molar-refractivity contribution is 5.65. The molecule has 0 bridgehead atoms. The zero-order valence-corrected chi connectivity index (χ0v) is 12.2. The molecule has 0 atom stereocenters. The van der Waals surface area contributed by atoms with Crippen molar-refractivity contribution in [1.29, 1.82) is 0 Å². The Hall–Kier alpha value is -1.76. The second-order valence-electron chi connectivity index (χ2n) is 6.17. The van der Waals surface area contributed by atoms with E-state index in [2.05, 4.69) is 57.2 Å². The third-order valence-electron chi connectivity index (χ3n) is 3.06. The normalized spacial score (nSPS) is 11.4. The maximum Gasteiger partial charge on any atom is 0.119 e. The molecule has 0 aliphatic carbocycles. The molecular formula is C18H22O.